The summed E-state index contributed by atoms with van der Waals surface area (Å²) in [6.45, 7) is 6.63. The van der Waals surface area contributed by atoms with E-state index in [4.69, 9.17) is 10.5 Å². The Hall–Kier alpha value is -1.40. The van der Waals surface area contributed by atoms with E-state index >= 15 is 0 Å². The van der Waals surface area contributed by atoms with Crippen molar-refractivity contribution in [1.82, 2.24) is 14.9 Å². The first-order chi connectivity index (χ1) is 10.7. The second-order valence-electron chi connectivity index (χ2n) is 6.49. The van der Waals surface area contributed by atoms with Crippen LogP contribution in [0.2, 0.25) is 0 Å². The molecule has 0 radical (unpaired) electrons. The zero-order chi connectivity index (χ0) is 15.4. The van der Waals surface area contributed by atoms with Gasteiger partial charge in [-0.15, -0.1) is 0 Å². The number of nitrogens with one attached hydrogen (secondary N) is 1. The van der Waals surface area contributed by atoms with Gasteiger partial charge in [0.05, 0.1) is 13.2 Å². The summed E-state index contributed by atoms with van der Waals surface area (Å²) in [5.41, 5.74) is 6.89. The summed E-state index contributed by atoms with van der Waals surface area (Å²) in [4.78, 5) is 11.1. The Morgan fingerprint density at radius 2 is 1.95 bits per heavy atom. The molecule has 2 heterocycles. The first-order valence-electron chi connectivity index (χ1n) is 8.36. The smallest absolute Gasteiger partial charge is 0.222 e. The van der Waals surface area contributed by atoms with Crippen molar-refractivity contribution in [3.63, 3.8) is 0 Å². The zero-order valence-electron chi connectivity index (χ0n) is 13.5. The molecule has 2 aliphatic rings. The lowest BCUT2D eigenvalue weighted by molar-refractivity contribution is -0.0318. The third-order valence-electron chi connectivity index (χ3n) is 4.94. The van der Waals surface area contributed by atoms with E-state index in [9.17, 15) is 0 Å². The lowest BCUT2D eigenvalue weighted by Crippen LogP contribution is -2.58. The van der Waals surface area contributed by atoms with Gasteiger partial charge in [-0.2, -0.15) is 4.98 Å². The van der Waals surface area contributed by atoms with E-state index in [1.165, 1.54) is 32.1 Å². The van der Waals surface area contributed by atoms with E-state index in [1.807, 2.05) is 13.0 Å². The van der Waals surface area contributed by atoms with Gasteiger partial charge in [-0.3, -0.25) is 4.90 Å². The van der Waals surface area contributed by atoms with Gasteiger partial charge >= 0.3 is 0 Å². The van der Waals surface area contributed by atoms with Crippen molar-refractivity contribution in [3.05, 3.63) is 11.8 Å². The van der Waals surface area contributed by atoms with E-state index in [0.717, 1.165) is 44.4 Å². The minimum absolute atomic E-state index is 0.232. The average Bonchev–Trinajstić information content (AvgIpc) is 2.54. The summed E-state index contributed by atoms with van der Waals surface area (Å²) in [5.74, 6) is 1.18. The molecule has 0 atom stereocenters. The molecule has 0 aromatic carbocycles. The topological polar surface area (TPSA) is 76.3 Å². The second-order valence-corrected chi connectivity index (χ2v) is 6.49. The Morgan fingerprint density at radius 3 is 2.64 bits per heavy atom. The van der Waals surface area contributed by atoms with Gasteiger partial charge in [-0.05, 0) is 19.8 Å². The van der Waals surface area contributed by atoms with E-state index < -0.39 is 0 Å². The zero-order valence-corrected chi connectivity index (χ0v) is 13.5. The molecule has 122 valence electrons. The van der Waals surface area contributed by atoms with Gasteiger partial charge in [-0.1, -0.05) is 19.3 Å². The fraction of sp³-hybridized carbons (Fsp3) is 0.750. The molecular weight excluding hydrogens is 278 g/mol. The molecule has 0 amide bonds. The number of anilines is 2. The Balaban J connectivity index is 1.72. The molecule has 1 aliphatic heterocycles. The third kappa shape index (κ3) is 3.50. The number of aromatic nitrogens is 2. The number of nitrogen functional groups attached to an aromatic ring is 1. The van der Waals surface area contributed by atoms with Crippen LogP contribution in [0.5, 0.6) is 0 Å². The number of nitrogens with zero attached hydrogens (tertiary/aromatic N) is 3. The van der Waals surface area contributed by atoms with Crippen LogP contribution in [-0.4, -0.2) is 53.3 Å². The number of hydrogen-bond acceptors (Lipinski definition) is 6. The van der Waals surface area contributed by atoms with Crippen LogP contribution in [0.15, 0.2) is 6.07 Å². The summed E-state index contributed by atoms with van der Waals surface area (Å²) in [7, 11) is 0. The van der Waals surface area contributed by atoms with Crippen LogP contribution in [0, 0.1) is 6.92 Å². The van der Waals surface area contributed by atoms with Gasteiger partial charge in [0.1, 0.15) is 5.82 Å². The minimum Gasteiger partial charge on any atom is -0.379 e. The molecule has 1 aliphatic carbocycles. The molecule has 0 bridgehead atoms. The lowest BCUT2D eigenvalue weighted by atomic mass is 9.79. The quantitative estimate of drug-likeness (QED) is 0.883. The molecule has 2 fully saturated rings. The van der Waals surface area contributed by atoms with E-state index in [1.54, 1.807) is 0 Å². The Labute approximate surface area is 132 Å². The fourth-order valence-corrected chi connectivity index (χ4v) is 3.79. The highest BCUT2D eigenvalue weighted by Crippen LogP contribution is 2.34. The average molecular weight is 305 g/mol. The number of aryl methyl sites for hydroxylation is 1. The first kappa shape index (κ1) is 15.5. The summed E-state index contributed by atoms with van der Waals surface area (Å²) in [6.07, 6.45) is 6.47. The van der Waals surface area contributed by atoms with Gasteiger partial charge in [0.25, 0.3) is 0 Å². The predicted octanol–water partition coefficient (Wildman–Crippen LogP) is 1.81. The fourth-order valence-electron chi connectivity index (χ4n) is 3.79. The summed E-state index contributed by atoms with van der Waals surface area (Å²) >= 11 is 0. The van der Waals surface area contributed by atoms with Crippen LogP contribution in [0.25, 0.3) is 0 Å². The van der Waals surface area contributed by atoms with Crippen molar-refractivity contribution in [2.75, 3.05) is 43.9 Å². The van der Waals surface area contributed by atoms with Crippen molar-refractivity contribution in [2.24, 2.45) is 0 Å². The monoisotopic (exact) mass is 305 g/mol. The van der Waals surface area contributed by atoms with Crippen molar-refractivity contribution in [1.29, 1.82) is 0 Å². The third-order valence-corrected chi connectivity index (χ3v) is 4.94. The predicted molar refractivity (Wildman–Crippen MR) is 87.9 cm³/mol. The van der Waals surface area contributed by atoms with Gasteiger partial charge in [0.2, 0.25) is 5.95 Å². The molecular formula is C16H27N5O. The molecule has 0 spiro atoms. The standard InChI is InChI=1S/C16H27N5O/c1-13-11-14(20-15(17)19-13)18-12-16(5-3-2-4-6-16)21-7-9-22-10-8-21/h11H,2-10,12H2,1H3,(H3,17,18,19,20). The van der Waals surface area contributed by atoms with Crippen LogP contribution in [0.1, 0.15) is 37.8 Å². The molecule has 6 nitrogen and oxygen atoms in total. The van der Waals surface area contributed by atoms with Crippen LogP contribution in [0.4, 0.5) is 11.8 Å². The highest BCUT2D eigenvalue weighted by molar-refractivity contribution is 5.40. The Kier molecular flexibility index (Phi) is 4.78. The van der Waals surface area contributed by atoms with Crippen molar-refractivity contribution in [2.45, 2.75) is 44.6 Å². The number of rotatable bonds is 4. The van der Waals surface area contributed by atoms with E-state index in [2.05, 4.69) is 20.2 Å². The molecule has 3 N–H and O–H groups in total. The van der Waals surface area contributed by atoms with Crippen molar-refractivity contribution >= 4 is 11.8 Å². The van der Waals surface area contributed by atoms with Gasteiger partial charge in [-0.25, -0.2) is 4.98 Å². The summed E-state index contributed by atoms with van der Waals surface area (Å²) in [5, 5.41) is 3.52. The number of morpholine rings is 1. The van der Waals surface area contributed by atoms with E-state index in [0.29, 0.717) is 5.95 Å². The molecule has 1 saturated heterocycles. The van der Waals surface area contributed by atoms with Crippen LogP contribution in [0.3, 0.4) is 0 Å². The van der Waals surface area contributed by atoms with Crippen molar-refractivity contribution < 1.29 is 4.74 Å². The molecule has 6 heteroatoms. The number of nitrogens with two attached hydrogens (primary N) is 1. The lowest BCUT2D eigenvalue weighted by Gasteiger charge is -2.48. The number of hydrogen-bond donors (Lipinski definition) is 2. The molecule has 22 heavy (non-hydrogen) atoms. The van der Waals surface area contributed by atoms with Crippen molar-refractivity contribution in [3.8, 4) is 0 Å². The van der Waals surface area contributed by atoms with Crippen LogP contribution < -0.4 is 11.1 Å². The van der Waals surface area contributed by atoms with Gasteiger partial charge in [0, 0.05) is 36.9 Å². The molecule has 1 aromatic rings. The highest BCUT2D eigenvalue weighted by Gasteiger charge is 2.38. The largest absolute Gasteiger partial charge is 0.379 e. The summed E-state index contributed by atoms with van der Waals surface area (Å²) in [6, 6.07) is 1.96. The second kappa shape index (κ2) is 6.79. The first-order valence-corrected chi connectivity index (χ1v) is 8.36. The Morgan fingerprint density at radius 1 is 1.23 bits per heavy atom. The van der Waals surface area contributed by atoms with E-state index in [-0.39, 0.29) is 5.54 Å². The molecule has 0 unspecified atom stereocenters. The molecule has 1 saturated carbocycles. The Bertz CT molecular complexity index is 475. The number of ether oxygens (including phenoxy) is 1. The normalized spacial score (nSPS) is 22.4. The molecule has 1 aromatic heterocycles. The minimum atomic E-state index is 0.232. The maximum Gasteiger partial charge on any atom is 0.222 e. The van der Waals surface area contributed by atoms with Gasteiger partial charge < -0.3 is 15.8 Å². The van der Waals surface area contributed by atoms with Crippen LogP contribution in [-0.2, 0) is 4.74 Å². The summed E-state index contributed by atoms with van der Waals surface area (Å²) < 4.78 is 5.53. The van der Waals surface area contributed by atoms with Crippen LogP contribution >= 0.6 is 0 Å². The highest BCUT2D eigenvalue weighted by atomic mass is 16.5. The maximum absolute atomic E-state index is 5.75. The maximum atomic E-state index is 5.75. The SMILES string of the molecule is Cc1cc(NCC2(N3CCOCC3)CCCCC2)nc(N)n1. The van der Waals surface area contributed by atoms with Gasteiger partial charge in [0.15, 0.2) is 0 Å². The molecule has 3 rings (SSSR count).